The van der Waals surface area contributed by atoms with Crippen LogP contribution in [-0.4, -0.2) is 35.7 Å². The highest BCUT2D eigenvalue weighted by Crippen LogP contribution is 2.41. The number of para-hydroxylation sites is 1. The number of ether oxygens (including phenoxy) is 1. The Labute approximate surface area is 174 Å². The van der Waals surface area contributed by atoms with Gasteiger partial charge in [-0.2, -0.15) is 10.2 Å². The summed E-state index contributed by atoms with van der Waals surface area (Å²) in [5, 5.41) is 10.1. The first kappa shape index (κ1) is 21.2. The molecule has 8 nitrogen and oxygen atoms in total. The molecule has 0 saturated carbocycles. The second-order valence-corrected chi connectivity index (χ2v) is 7.10. The van der Waals surface area contributed by atoms with Crippen LogP contribution in [0, 0.1) is 0 Å². The molecule has 2 atom stereocenters. The van der Waals surface area contributed by atoms with Crippen LogP contribution in [0.3, 0.4) is 0 Å². The Morgan fingerprint density at radius 3 is 2.33 bits per heavy atom. The van der Waals surface area contributed by atoms with Gasteiger partial charge in [0.1, 0.15) is 6.20 Å². The lowest BCUT2D eigenvalue weighted by Gasteiger charge is -2.25. The van der Waals surface area contributed by atoms with Gasteiger partial charge in [0.2, 0.25) is 0 Å². The van der Waals surface area contributed by atoms with Gasteiger partial charge in [0.25, 0.3) is 5.91 Å². The van der Waals surface area contributed by atoms with Crippen molar-refractivity contribution in [3.05, 3.63) is 71.4 Å². The number of nitrogens with one attached hydrogen (secondary N) is 1. The Bertz CT molecular complexity index is 1010. The summed E-state index contributed by atoms with van der Waals surface area (Å²) in [5.41, 5.74) is 11.0. The summed E-state index contributed by atoms with van der Waals surface area (Å²) in [6.45, 7) is 3.78. The van der Waals surface area contributed by atoms with Gasteiger partial charge < -0.3 is 15.6 Å². The van der Waals surface area contributed by atoms with Crippen LogP contribution in [0.5, 0.6) is 0 Å². The summed E-state index contributed by atoms with van der Waals surface area (Å²) >= 11 is 0. The van der Waals surface area contributed by atoms with Crippen LogP contribution in [-0.2, 0) is 4.74 Å². The van der Waals surface area contributed by atoms with Crippen LogP contribution in [0.4, 0.5) is 10.5 Å². The molecule has 0 bridgehead atoms. The third-order valence-electron chi connectivity index (χ3n) is 4.76. The summed E-state index contributed by atoms with van der Waals surface area (Å²) in [6, 6.07) is 12.7. The van der Waals surface area contributed by atoms with E-state index in [-0.39, 0.29) is 18.2 Å². The van der Waals surface area contributed by atoms with Gasteiger partial charge in [0.15, 0.2) is 5.69 Å². The van der Waals surface area contributed by atoms with E-state index in [0.717, 1.165) is 11.1 Å². The Morgan fingerprint density at radius 1 is 1.10 bits per heavy atom. The Hall–Kier alpha value is -3.49. The topological polar surface area (TPSA) is 119 Å². The molecule has 4 N–H and O–H groups in total. The van der Waals surface area contributed by atoms with E-state index >= 15 is 0 Å². The Morgan fingerprint density at radius 2 is 1.73 bits per heavy atom. The zero-order chi connectivity index (χ0) is 21.9. The number of nitrogens with zero attached hydrogens (tertiary/aromatic N) is 1. The molecule has 1 aliphatic heterocycles. The molecule has 0 radical (unpaired) electrons. The SMILES string of the molecule is CCOC(=O)c1ccc(C(=O)N[N+]2(C(=O)O)C=C(C[C@@H](C)N)c3ccccc32)cc1. The van der Waals surface area contributed by atoms with Gasteiger partial charge >= 0.3 is 12.1 Å². The van der Waals surface area contributed by atoms with Crippen molar-refractivity contribution in [3.63, 3.8) is 0 Å². The molecular weight excluding hydrogens is 386 g/mol. The number of fused-ring (bicyclic) bond motifs is 1. The van der Waals surface area contributed by atoms with Gasteiger partial charge in [-0.05, 0) is 50.6 Å². The maximum Gasteiger partial charge on any atom is 0.549 e. The predicted octanol–water partition coefficient (Wildman–Crippen LogP) is 3.29. The Kier molecular flexibility index (Phi) is 6.00. The highest BCUT2D eigenvalue weighted by molar-refractivity contribution is 6.02. The largest absolute Gasteiger partial charge is 0.549 e. The van der Waals surface area contributed by atoms with Crippen LogP contribution in [0.2, 0.25) is 0 Å². The lowest BCUT2D eigenvalue weighted by molar-refractivity contribution is 0.0526. The van der Waals surface area contributed by atoms with E-state index in [1.54, 1.807) is 19.1 Å². The molecular formula is C22H24N3O5+. The maximum absolute atomic E-state index is 12.9. The number of carboxylic acid groups (broad SMARTS) is 1. The molecule has 1 unspecified atom stereocenters. The number of rotatable bonds is 5. The molecule has 2 amide bonds. The standard InChI is InChI=1S/C22H23N3O5/c1-3-30-21(27)16-10-8-15(9-11-16)20(26)24-25(22(28)29)13-17(12-14(2)23)18-6-4-5-7-19(18)25/h4-11,13-14H,3,12,23H2,1-2H3,(H-,24,26,28,29)/p+1/t14-,25?/m1/s1. The highest BCUT2D eigenvalue weighted by Gasteiger charge is 2.48. The minimum absolute atomic E-state index is 0.177. The summed E-state index contributed by atoms with van der Waals surface area (Å²) in [7, 11) is 0. The van der Waals surface area contributed by atoms with E-state index in [0.29, 0.717) is 17.7 Å². The van der Waals surface area contributed by atoms with Crippen molar-refractivity contribution < 1.29 is 24.2 Å². The van der Waals surface area contributed by atoms with Crippen molar-refractivity contribution in [1.29, 1.82) is 0 Å². The molecule has 0 aromatic heterocycles. The fourth-order valence-corrected chi connectivity index (χ4v) is 3.43. The molecule has 156 valence electrons. The first-order valence-corrected chi connectivity index (χ1v) is 9.57. The fraction of sp³-hybridized carbons (Fsp3) is 0.227. The summed E-state index contributed by atoms with van der Waals surface area (Å²) in [5.74, 6) is -1.09. The summed E-state index contributed by atoms with van der Waals surface area (Å²) < 4.78 is 4.06. The van der Waals surface area contributed by atoms with Gasteiger partial charge in [0, 0.05) is 28.8 Å². The second-order valence-electron chi connectivity index (χ2n) is 7.10. The van der Waals surface area contributed by atoms with Crippen molar-refractivity contribution in [1.82, 2.24) is 10.0 Å². The molecule has 0 saturated heterocycles. The lowest BCUT2D eigenvalue weighted by Crippen LogP contribution is -2.60. The predicted molar refractivity (Wildman–Crippen MR) is 112 cm³/mol. The number of carbonyl (C=O) groups is 3. The number of hydrogen-bond acceptors (Lipinski definition) is 5. The number of nitrogens with two attached hydrogens (primary N) is 1. The van der Waals surface area contributed by atoms with Crippen molar-refractivity contribution in [2.45, 2.75) is 26.3 Å². The van der Waals surface area contributed by atoms with Crippen LogP contribution >= 0.6 is 0 Å². The molecule has 2 aromatic rings. The van der Waals surface area contributed by atoms with Gasteiger partial charge in [-0.25, -0.2) is 4.79 Å². The fourth-order valence-electron chi connectivity index (χ4n) is 3.43. The summed E-state index contributed by atoms with van der Waals surface area (Å²) in [6.07, 6.45) is 0.717. The van der Waals surface area contributed by atoms with Crippen molar-refractivity contribution in [3.8, 4) is 0 Å². The smallest absolute Gasteiger partial charge is 0.462 e. The average molecular weight is 410 g/mol. The molecule has 0 spiro atoms. The Balaban J connectivity index is 1.94. The van der Waals surface area contributed by atoms with E-state index in [2.05, 4.69) is 5.43 Å². The van der Waals surface area contributed by atoms with Crippen molar-refractivity contribution >= 4 is 29.2 Å². The molecule has 0 aliphatic carbocycles. The van der Waals surface area contributed by atoms with Crippen LogP contribution in [0.25, 0.3) is 5.57 Å². The second kappa shape index (κ2) is 8.48. The average Bonchev–Trinajstić information content (AvgIpc) is 3.02. The highest BCUT2D eigenvalue weighted by atomic mass is 16.5. The third-order valence-corrected chi connectivity index (χ3v) is 4.76. The molecule has 1 heterocycles. The van der Waals surface area contributed by atoms with Gasteiger partial charge in [-0.15, -0.1) is 0 Å². The first-order chi connectivity index (χ1) is 14.3. The van der Waals surface area contributed by atoms with Crippen molar-refractivity contribution in [2.24, 2.45) is 5.73 Å². The number of esters is 1. The van der Waals surface area contributed by atoms with Gasteiger partial charge in [0.05, 0.1) is 12.2 Å². The van der Waals surface area contributed by atoms with E-state index in [1.807, 2.05) is 19.1 Å². The number of amides is 2. The van der Waals surface area contributed by atoms with Crippen molar-refractivity contribution in [2.75, 3.05) is 6.61 Å². The molecule has 30 heavy (non-hydrogen) atoms. The quantitative estimate of drug-likeness (QED) is 0.514. The molecule has 0 fully saturated rings. The van der Waals surface area contributed by atoms with Gasteiger partial charge in [-0.1, -0.05) is 16.7 Å². The maximum atomic E-state index is 12.9. The summed E-state index contributed by atoms with van der Waals surface area (Å²) in [4.78, 5) is 37.0. The van der Waals surface area contributed by atoms with Gasteiger partial charge in [-0.3, -0.25) is 4.79 Å². The minimum Gasteiger partial charge on any atom is -0.462 e. The lowest BCUT2D eigenvalue weighted by atomic mass is 10.0. The van der Waals surface area contributed by atoms with E-state index in [9.17, 15) is 19.5 Å². The zero-order valence-electron chi connectivity index (χ0n) is 16.8. The number of hydrogen-bond donors (Lipinski definition) is 3. The molecule has 2 aromatic carbocycles. The molecule has 1 aliphatic rings. The normalized spacial score (nSPS) is 18.2. The molecule has 3 rings (SSSR count). The number of quaternary nitrogens is 1. The minimum atomic E-state index is -1.25. The molecule has 8 heteroatoms. The number of carbonyl (C=O) groups excluding carboxylic acids is 2. The number of benzene rings is 2. The van der Waals surface area contributed by atoms with E-state index in [4.69, 9.17) is 10.5 Å². The monoisotopic (exact) mass is 410 g/mol. The van der Waals surface area contributed by atoms with Crippen LogP contribution < -0.4 is 15.8 Å². The first-order valence-electron chi connectivity index (χ1n) is 9.57. The van der Waals surface area contributed by atoms with E-state index < -0.39 is 22.6 Å². The zero-order valence-corrected chi connectivity index (χ0v) is 16.8. The third kappa shape index (κ3) is 3.96. The van der Waals surface area contributed by atoms with E-state index in [1.165, 1.54) is 30.5 Å². The van der Waals surface area contributed by atoms with Crippen LogP contribution in [0.15, 0.2) is 54.7 Å². The van der Waals surface area contributed by atoms with Crippen LogP contribution in [0.1, 0.15) is 46.5 Å².